The standard InChI is InChI=1S/C14H15NO2/c1-3-17-9-14(16)12-8-10(2)15-13-7-5-4-6-11(12)13/h4-8H,3,9H2,1-2H3. The van der Waals surface area contributed by atoms with Crippen molar-refractivity contribution in [2.75, 3.05) is 13.2 Å². The van der Waals surface area contributed by atoms with Crippen LogP contribution in [0.15, 0.2) is 30.3 Å². The second-order valence-electron chi connectivity index (χ2n) is 3.89. The summed E-state index contributed by atoms with van der Waals surface area (Å²) in [5.41, 5.74) is 2.40. The monoisotopic (exact) mass is 229 g/mol. The Morgan fingerprint density at radius 1 is 1.35 bits per heavy atom. The first-order chi connectivity index (χ1) is 8.22. The van der Waals surface area contributed by atoms with Crippen LogP contribution < -0.4 is 0 Å². The largest absolute Gasteiger partial charge is 0.374 e. The number of pyridine rings is 1. The van der Waals surface area contributed by atoms with Gasteiger partial charge in [0.15, 0.2) is 5.78 Å². The fourth-order valence-corrected chi connectivity index (χ4v) is 1.81. The Bertz CT molecular complexity index is 549. The van der Waals surface area contributed by atoms with Crippen molar-refractivity contribution in [2.45, 2.75) is 13.8 Å². The van der Waals surface area contributed by atoms with Gasteiger partial charge in [0.2, 0.25) is 0 Å². The maximum atomic E-state index is 12.0. The van der Waals surface area contributed by atoms with Gasteiger partial charge in [-0.25, -0.2) is 0 Å². The fraction of sp³-hybridized carbons (Fsp3) is 0.286. The molecule has 88 valence electrons. The average Bonchev–Trinajstić information content (AvgIpc) is 2.34. The Kier molecular flexibility index (Phi) is 3.49. The molecule has 0 atom stereocenters. The van der Waals surface area contributed by atoms with Crippen LogP contribution in [0.2, 0.25) is 0 Å². The maximum Gasteiger partial charge on any atom is 0.189 e. The van der Waals surface area contributed by atoms with E-state index in [4.69, 9.17) is 4.74 Å². The highest BCUT2D eigenvalue weighted by Crippen LogP contribution is 2.18. The summed E-state index contributed by atoms with van der Waals surface area (Å²) >= 11 is 0. The summed E-state index contributed by atoms with van der Waals surface area (Å²) in [6.07, 6.45) is 0. The molecule has 2 rings (SSSR count). The van der Waals surface area contributed by atoms with Crippen LogP contribution in [-0.4, -0.2) is 24.0 Å². The summed E-state index contributed by atoms with van der Waals surface area (Å²) in [5, 5.41) is 0.891. The minimum absolute atomic E-state index is 0.00792. The molecule has 0 aliphatic rings. The fourth-order valence-electron chi connectivity index (χ4n) is 1.81. The molecule has 2 aromatic rings. The Morgan fingerprint density at radius 2 is 2.12 bits per heavy atom. The van der Waals surface area contributed by atoms with E-state index in [0.29, 0.717) is 12.2 Å². The number of rotatable bonds is 4. The normalized spacial score (nSPS) is 10.7. The molecule has 0 bridgehead atoms. The van der Waals surface area contributed by atoms with Crippen LogP contribution >= 0.6 is 0 Å². The molecule has 3 nitrogen and oxygen atoms in total. The van der Waals surface area contributed by atoms with Crippen LogP contribution in [0.4, 0.5) is 0 Å². The minimum atomic E-state index is 0.00792. The number of aromatic nitrogens is 1. The second-order valence-corrected chi connectivity index (χ2v) is 3.89. The van der Waals surface area contributed by atoms with E-state index in [1.807, 2.05) is 44.2 Å². The van der Waals surface area contributed by atoms with E-state index in [1.165, 1.54) is 0 Å². The smallest absolute Gasteiger partial charge is 0.189 e. The van der Waals surface area contributed by atoms with Gasteiger partial charge in [-0.05, 0) is 26.0 Å². The molecule has 3 heteroatoms. The van der Waals surface area contributed by atoms with E-state index >= 15 is 0 Å². The molecule has 1 aromatic carbocycles. The Morgan fingerprint density at radius 3 is 2.88 bits per heavy atom. The molecule has 0 amide bonds. The van der Waals surface area contributed by atoms with Crippen molar-refractivity contribution in [1.82, 2.24) is 4.98 Å². The molecule has 0 spiro atoms. The van der Waals surface area contributed by atoms with Crippen molar-refractivity contribution in [1.29, 1.82) is 0 Å². The highest BCUT2D eigenvalue weighted by molar-refractivity contribution is 6.08. The highest BCUT2D eigenvalue weighted by atomic mass is 16.5. The Hall–Kier alpha value is -1.74. The van der Waals surface area contributed by atoms with Gasteiger partial charge in [0.25, 0.3) is 0 Å². The number of nitrogens with zero attached hydrogens (tertiary/aromatic N) is 1. The van der Waals surface area contributed by atoms with E-state index in [-0.39, 0.29) is 12.4 Å². The van der Waals surface area contributed by atoms with E-state index in [0.717, 1.165) is 16.6 Å². The zero-order chi connectivity index (χ0) is 12.3. The van der Waals surface area contributed by atoms with Gasteiger partial charge in [0.1, 0.15) is 6.61 Å². The first-order valence-corrected chi connectivity index (χ1v) is 5.69. The zero-order valence-corrected chi connectivity index (χ0v) is 10.1. The van der Waals surface area contributed by atoms with E-state index in [1.54, 1.807) is 0 Å². The number of carbonyl (C=O) groups excluding carboxylic acids is 1. The van der Waals surface area contributed by atoms with Gasteiger partial charge in [0.05, 0.1) is 5.52 Å². The lowest BCUT2D eigenvalue weighted by Crippen LogP contribution is -2.10. The molecule has 0 saturated heterocycles. The SMILES string of the molecule is CCOCC(=O)c1cc(C)nc2ccccc12. The minimum Gasteiger partial charge on any atom is -0.374 e. The second kappa shape index (κ2) is 5.06. The van der Waals surface area contributed by atoms with Crippen LogP contribution in [0.5, 0.6) is 0 Å². The number of benzene rings is 1. The van der Waals surface area contributed by atoms with Crippen molar-refractivity contribution >= 4 is 16.7 Å². The summed E-state index contributed by atoms with van der Waals surface area (Å²) in [6.45, 7) is 4.45. The number of carbonyl (C=O) groups is 1. The molecule has 1 aromatic heterocycles. The predicted octanol–water partition coefficient (Wildman–Crippen LogP) is 2.76. The summed E-state index contributed by atoms with van der Waals surface area (Å²) < 4.78 is 5.17. The average molecular weight is 229 g/mol. The van der Waals surface area contributed by atoms with Crippen molar-refractivity contribution in [3.8, 4) is 0 Å². The highest BCUT2D eigenvalue weighted by Gasteiger charge is 2.11. The summed E-state index contributed by atoms with van der Waals surface area (Å²) in [6, 6.07) is 9.49. The van der Waals surface area contributed by atoms with Gasteiger partial charge in [-0.15, -0.1) is 0 Å². The number of hydrogen-bond acceptors (Lipinski definition) is 3. The van der Waals surface area contributed by atoms with Crippen LogP contribution in [-0.2, 0) is 4.74 Å². The lowest BCUT2D eigenvalue weighted by atomic mass is 10.0. The lowest BCUT2D eigenvalue weighted by Gasteiger charge is -2.06. The molecule has 1 heterocycles. The van der Waals surface area contributed by atoms with Gasteiger partial charge >= 0.3 is 0 Å². The topological polar surface area (TPSA) is 39.2 Å². The molecule has 17 heavy (non-hydrogen) atoms. The van der Waals surface area contributed by atoms with Crippen LogP contribution in [0.1, 0.15) is 23.0 Å². The maximum absolute atomic E-state index is 12.0. The van der Waals surface area contributed by atoms with E-state index < -0.39 is 0 Å². The third kappa shape index (κ3) is 2.50. The molecule has 0 aliphatic heterocycles. The van der Waals surface area contributed by atoms with Crippen LogP contribution in [0.25, 0.3) is 10.9 Å². The van der Waals surface area contributed by atoms with Crippen molar-refractivity contribution in [2.24, 2.45) is 0 Å². The lowest BCUT2D eigenvalue weighted by molar-refractivity contribution is 0.0785. The Labute approximate surface area is 100 Å². The first kappa shape index (κ1) is 11.7. The van der Waals surface area contributed by atoms with Gasteiger partial charge in [-0.1, -0.05) is 18.2 Å². The van der Waals surface area contributed by atoms with Crippen molar-refractivity contribution < 1.29 is 9.53 Å². The first-order valence-electron chi connectivity index (χ1n) is 5.69. The quantitative estimate of drug-likeness (QED) is 0.757. The summed E-state index contributed by atoms with van der Waals surface area (Å²) in [4.78, 5) is 16.4. The van der Waals surface area contributed by atoms with E-state index in [9.17, 15) is 4.79 Å². The van der Waals surface area contributed by atoms with Crippen LogP contribution in [0.3, 0.4) is 0 Å². The summed E-state index contributed by atoms with van der Waals surface area (Å²) in [7, 11) is 0. The molecule has 0 saturated carbocycles. The third-order valence-electron chi connectivity index (χ3n) is 2.58. The molecule has 0 N–H and O–H groups in total. The van der Waals surface area contributed by atoms with Crippen molar-refractivity contribution in [3.63, 3.8) is 0 Å². The number of aryl methyl sites for hydroxylation is 1. The zero-order valence-electron chi connectivity index (χ0n) is 10.1. The number of ether oxygens (including phenoxy) is 1. The third-order valence-corrected chi connectivity index (χ3v) is 2.58. The number of para-hydroxylation sites is 1. The molecule has 0 aliphatic carbocycles. The molecular weight excluding hydrogens is 214 g/mol. The van der Waals surface area contributed by atoms with Gasteiger partial charge < -0.3 is 4.74 Å². The van der Waals surface area contributed by atoms with Gasteiger partial charge in [-0.2, -0.15) is 0 Å². The Balaban J connectivity index is 2.48. The molecular formula is C14H15NO2. The van der Waals surface area contributed by atoms with Crippen LogP contribution in [0, 0.1) is 6.92 Å². The number of hydrogen-bond donors (Lipinski definition) is 0. The number of ketones is 1. The number of fused-ring (bicyclic) bond motifs is 1. The van der Waals surface area contributed by atoms with Crippen molar-refractivity contribution in [3.05, 3.63) is 41.6 Å². The predicted molar refractivity (Wildman–Crippen MR) is 67.3 cm³/mol. The summed E-state index contributed by atoms with van der Waals surface area (Å²) in [5.74, 6) is 0.00792. The molecule has 0 unspecified atom stereocenters. The number of Topliss-reactive ketones (excluding diaryl/α,β-unsaturated/α-hetero) is 1. The molecule has 0 radical (unpaired) electrons. The molecule has 0 fully saturated rings. The van der Waals surface area contributed by atoms with Gasteiger partial charge in [0, 0.05) is 23.3 Å². The van der Waals surface area contributed by atoms with Gasteiger partial charge in [-0.3, -0.25) is 9.78 Å². The van der Waals surface area contributed by atoms with E-state index in [2.05, 4.69) is 4.98 Å².